The highest BCUT2D eigenvalue weighted by Crippen LogP contribution is 2.30. The number of nitrogens with two attached hydrogens (primary N) is 1. The van der Waals surface area contributed by atoms with Gasteiger partial charge >= 0.3 is 0 Å². The van der Waals surface area contributed by atoms with Gasteiger partial charge in [0.05, 0.1) is 11.6 Å². The molecule has 0 aromatic carbocycles. The Morgan fingerprint density at radius 3 is 3.00 bits per heavy atom. The van der Waals surface area contributed by atoms with E-state index in [0.29, 0.717) is 18.0 Å². The second-order valence-electron chi connectivity index (χ2n) is 5.25. The highest BCUT2D eigenvalue weighted by atomic mass is 32.2. The van der Waals surface area contributed by atoms with E-state index in [4.69, 9.17) is 10.6 Å². The SMILES string of the molecule is CC1OCCC1(C)NS(=O)(=O)c1c(NN)nc2sccn12. The van der Waals surface area contributed by atoms with Gasteiger partial charge in [-0.3, -0.25) is 4.40 Å². The molecule has 2 atom stereocenters. The van der Waals surface area contributed by atoms with Gasteiger partial charge in [-0.2, -0.15) is 4.98 Å². The van der Waals surface area contributed by atoms with Crippen LogP contribution < -0.4 is 16.0 Å². The zero-order chi connectivity index (χ0) is 15.3. The Kier molecular flexibility index (Phi) is 3.45. The summed E-state index contributed by atoms with van der Waals surface area (Å²) in [7, 11) is -3.80. The lowest BCUT2D eigenvalue weighted by Crippen LogP contribution is -2.50. The Labute approximate surface area is 126 Å². The van der Waals surface area contributed by atoms with E-state index in [1.165, 1.54) is 15.7 Å². The van der Waals surface area contributed by atoms with Gasteiger partial charge in [-0.25, -0.2) is 19.0 Å². The third-order valence-corrected chi connectivity index (χ3v) is 6.25. The van der Waals surface area contributed by atoms with Crippen LogP contribution in [0.4, 0.5) is 5.82 Å². The molecule has 1 aliphatic rings. The van der Waals surface area contributed by atoms with E-state index in [0.717, 1.165) is 0 Å². The summed E-state index contributed by atoms with van der Waals surface area (Å²) in [5.74, 6) is 5.53. The van der Waals surface area contributed by atoms with E-state index >= 15 is 0 Å². The fourth-order valence-corrected chi connectivity index (χ4v) is 4.96. The highest BCUT2D eigenvalue weighted by Gasteiger charge is 2.42. The predicted octanol–water partition coefficient (Wildman–Crippen LogP) is 0.527. The van der Waals surface area contributed by atoms with Crippen molar-refractivity contribution in [2.24, 2.45) is 5.84 Å². The fraction of sp³-hybridized carbons (Fsp3) is 0.545. The van der Waals surface area contributed by atoms with Crippen molar-refractivity contribution in [1.29, 1.82) is 0 Å². The maximum atomic E-state index is 12.8. The van der Waals surface area contributed by atoms with Crippen LogP contribution in [0.2, 0.25) is 0 Å². The third-order valence-electron chi connectivity index (χ3n) is 3.86. The van der Waals surface area contributed by atoms with Crippen molar-refractivity contribution in [3.63, 3.8) is 0 Å². The summed E-state index contributed by atoms with van der Waals surface area (Å²) in [4.78, 5) is 4.73. The van der Waals surface area contributed by atoms with Crippen molar-refractivity contribution in [3.8, 4) is 0 Å². The largest absolute Gasteiger partial charge is 0.376 e. The lowest BCUT2D eigenvalue weighted by molar-refractivity contribution is 0.0957. The molecule has 2 aromatic rings. The smallest absolute Gasteiger partial charge is 0.261 e. The van der Waals surface area contributed by atoms with Crippen molar-refractivity contribution in [3.05, 3.63) is 11.6 Å². The summed E-state index contributed by atoms with van der Waals surface area (Å²) >= 11 is 1.34. The van der Waals surface area contributed by atoms with Crippen molar-refractivity contribution in [2.75, 3.05) is 12.0 Å². The summed E-state index contributed by atoms with van der Waals surface area (Å²) in [5.41, 5.74) is 1.70. The zero-order valence-electron chi connectivity index (χ0n) is 11.7. The zero-order valence-corrected chi connectivity index (χ0v) is 13.3. The number of aromatic nitrogens is 2. The topological polar surface area (TPSA) is 111 Å². The maximum absolute atomic E-state index is 12.8. The van der Waals surface area contributed by atoms with E-state index in [1.807, 2.05) is 13.8 Å². The molecule has 0 bridgehead atoms. The highest BCUT2D eigenvalue weighted by molar-refractivity contribution is 7.89. The van der Waals surface area contributed by atoms with Gasteiger partial charge in [0.2, 0.25) is 5.03 Å². The third kappa shape index (κ3) is 2.32. The molecule has 4 N–H and O–H groups in total. The lowest BCUT2D eigenvalue weighted by Gasteiger charge is -2.28. The molecule has 2 aromatic heterocycles. The van der Waals surface area contributed by atoms with Crippen LogP contribution in [0, 0.1) is 0 Å². The number of fused-ring (bicyclic) bond motifs is 1. The van der Waals surface area contributed by atoms with Gasteiger partial charge in [0.25, 0.3) is 10.0 Å². The number of nitrogen functional groups attached to an aromatic ring is 1. The minimum absolute atomic E-state index is 0.0153. The van der Waals surface area contributed by atoms with Crippen LogP contribution in [-0.2, 0) is 14.8 Å². The van der Waals surface area contributed by atoms with E-state index in [9.17, 15) is 8.42 Å². The van der Waals surface area contributed by atoms with E-state index in [1.54, 1.807) is 11.6 Å². The fourth-order valence-electron chi connectivity index (χ4n) is 2.44. The molecule has 0 aliphatic carbocycles. The minimum Gasteiger partial charge on any atom is -0.376 e. The van der Waals surface area contributed by atoms with Crippen molar-refractivity contribution in [1.82, 2.24) is 14.1 Å². The van der Waals surface area contributed by atoms with E-state index in [-0.39, 0.29) is 16.9 Å². The van der Waals surface area contributed by atoms with Gasteiger partial charge in [-0.1, -0.05) is 0 Å². The van der Waals surface area contributed by atoms with Gasteiger partial charge in [0, 0.05) is 18.2 Å². The number of ether oxygens (including phenoxy) is 1. The molecular formula is C11H17N5O3S2. The second kappa shape index (κ2) is 4.92. The van der Waals surface area contributed by atoms with Crippen LogP contribution in [0.15, 0.2) is 16.6 Å². The Morgan fingerprint density at radius 1 is 1.62 bits per heavy atom. The number of thiazole rings is 1. The Morgan fingerprint density at radius 2 is 2.38 bits per heavy atom. The average Bonchev–Trinajstić information content (AvgIpc) is 3.03. The molecule has 0 spiro atoms. The van der Waals surface area contributed by atoms with Crippen LogP contribution >= 0.6 is 11.3 Å². The number of hydrogen-bond donors (Lipinski definition) is 3. The van der Waals surface area contributed by atoms with Crippen molar-refractivity contribution in [2.45, 2.75) is 36.9 Å². The number of imidazole rings is 1. The molecule has 2 unspecified atom stereocenters. The Bertz CT molecular complexity index is 768. The van der Waals surface area contributed by atoms with Crippen LogP contribution in [0.3, 0.4) is 0 Å². The van der Waals surface area contributed by atoms with E-state index < -0.39 is 15.6 Å². The summed E-state index contributed by atoms with van der Waals surface area (Å²) in [6.45, 7) is 4.22. The monoisotopic (exact) mass is 331 g/mol. The second-order valence-corrected chi connectivity index (χ2v) is 7.72. The molecule has 116 valence electrons. The van der Waals surface area contributed by atoms with Crippen LogP contribution in [0.1, 0.15) is 20.3 Å². The Balaban J connectivity index is 2.06. The molecule has 1 aliphatic heterocycles. The van der Waals surface area contributed by atoms with Gasteiger partial charge in [0.1, 0.15) is 0 Å². The number of nitrogens with zero attached hydrogens (tertiary/aromatic N) is 2. The first-order valence-corrected chi connectivity index (χ1v) is 8.81. The minimum atomic E-state index is -3.80. The summed E-state index contributed by atoms with van der Waals surface area (Å²) in [5, 5.41) is 1.78. The molecular weight excluding hydrogens is 314 g/mol. The van der Waals surface area contributed by atoms with Crippen molar-refractivity contribution < 1.29 is 13.2 Å². The summed E-state index contributed by atoms with van der Waals surface area (Å²) in [6, 6.07) is 0. The lowest BCUT2D eigenvalue weighted by atomic mass is 9.97. The molecule has 21 heavy (non-hydrogen) atoms. The van der Waals surface area contributed by atoms with E-state index in [2.05, 4.69) is 15.1 Å². The molecule has 3 rings (SSSR count). The number of rotatable bonds is 4. The van der Waals surface area contributed by atoms with Gasteiger partial charge < -0.3 is 10.2 Å². The number of nitrogens with one attached hydrogen (secondary N) is 2. The predicted molar refractivity (Wildman–Crippen MR) is 79.6 cm³/mol. The molecule has 10 heteroatoms. The summed E-state index contributed by atoms with van der Waals surface area (Å²) < 4.78 is 35.3. The molecule has 3 heterocycles. The normalized spacial score (nSPS) is 26.5. The molecule has 0 amide bonds. The van der Waals surface area contributed by atoms with Crippen LogP contribution in [0.25, 0.3) is 4.96 Å². The van der Waals surface area contributed by atoms with Gasteiger partial charge in [0.15, 0.2) is 10.8 Å². The first-order valence-electron chi connectivity index (χ1n) is 6.45. The number of anilines is 1. The Hall–Kier alpha value is -1.20. The first-order chi connectivity index (χ1) is 9.87. The van der Waals surface area contributed by atoms with Crippen LogP contribution in [-0.4, -0.2) is 36.1 Å². The first kappa shape index (κ1) is 14.7. The molecule has 1 fully saturated rings. The molecule has 1 saturated heterocycles. The quantitative estimate of drug-likeness (QED) is 0.557. The van der Waals surface area contributed by atoms with Crippen molar-refractivity contribution >= 4 is 32.1 Å². The molecule has 0 radical (unpaired) electrons. The molecule has 8 nitrogen and oxygen atoms in total. The maximum Gasteiger partial charge on any atom is 0.261 e. The van der Waals surface area contributed by atoms with Crippen LogP contribution in [0.5, 0.6) is 0 Å². The van der Waals surface area contributed by atoms with Gasteiger partial charge in [-0.15, -0.1) is 11.3 Å². The molecule has 0 saturated carbocycles. The summed E-state index contributed by atoms with van der Waals surface area (Å²) in [6.07, 6.45) is 2.07. The standard InChI is InChI=1S/C11H17N5O3S2/c1-7-11(2,3-5-19-7)15-21(17,18)9-8(14-12)13-10-16(9)4-6-20-10/h4,6-7,14-15H,3,5,12H2,1-2H3. The number of sulfonamides is 1. The average molecular weight is 331 g/mol. The van der Waals surface area contributed by atoms with Gasteiger partial charge in [-0.05, 0) is 20.3 Å². The number of hydrazine groups is 1. The number of hydrogen-bond acceptors (Lipinski definition) is 7.